The Morgan fingerprint density at radius 1 is 0.696 bits per heavy atom. The Morgan fingerprint density at radius 3 is 1.17 bits per heavy atom. The fourth-order valence-corrected chi connectivity index (χ4v) is 1.75. The van der Waals surface area contributed by atoms with Crippen molar-refractivity contribution in [3.05, 3.63) is 23.3 Å². The number of hydrogen-bond donors (Lipinski definition) is 0. The molecule has 0 N–H and O–H groups in total. The van der Waals surface area contributed by atoms with Gasteiger partial charge in [-0.05, 0) is 36.8 Å². The molecule has 0 heterocycles. The molecule has 0 unspecified atom stereocenters. The zero-order valence-electron chi connectivity index (χ0n) is 15.2. The molecule has 0 saturated carbocycles. The fraction of sp³-hybridized carbons (Fsp3) is 0.667. The summed E-state index contributed by atoms with van der Waals surface area (Å²) in [6.45, 7) is 7.97. The smallest absolute Gasteiger partial charge is 0.545 e. The Bertz CT molecular complexity index is 337. The van der Waals surface area contributed by atoms with Crippen LogP contribution in [0.4, 0.5) is 0 Å². The van der Waals surface area contributed by atoms with Crippen LogP contribution in [0, 0.1) is 0 Å². The summed E-state index contributed by atoms with van der Waals surface area (Å²) in [7, 11) is 0. The maximum absolute atomic E-state index is 10.4. The molecular formula is C18H30CaO4. The number of carboxylic acids is 2. The summed E-state index contributed by atoms with van der Waals surface area (Å²) in [6.07, 6.45) is 10.2. The van der Waals surface area contributed by atoms with Crippen molar-refractivity contribution in [1.29, 1.82) is 0 Å². The first kappa shape index (κ1) is 27.5. The number of allylic oxidation sites excluding steroid dienone is 2. The number of hydrogen-bond acceptors (Lipinski definition) is 4. The van der Waals surface area contributed by atoms with Gasteiger partial charge in [0.25, 0.3) is 0 Å². The quantitative estimate of drug-likeness (QED) is 0.446. The predicted molar refractivity (Wildman–Crippen MR) is 91.6 cm³/mol. The minimum absolute atomic E-state index is 0. The van der Waals surface area contributed by atoms with Crippen molar-refractivity contribution >= 4 is 49.7 Å². The summed E-state index contributed by atoms with van der Waals surface area (Å²) in [6, 6.07) is 0. The van der Waals surface area contributed by atoms with Crippen LogP contribution < -0.4 is 10.2 Å². The van der Waals surface area contributed by atoms with Gasteiger partial charge in [-0.1, -0.05) is 65.5 Å². The molecule has 23 heavy (non-hydrogen) atoms. The van der Waals surface area contributed by atoms with E-state index in [1.165, 1.54) is 0 Å². The average molecular weight is 351 g/mol. The SMILES string of the molecule is CCC/C=C(\CCC)C(=O)[O-].CCC/C=C(\CCC)C(=O)[O-].[Ca+2]. The minimum Gasteiger partial charge on any atom is -0.545 e. The third-order valence-corrected chi connectivity index (χ3v) is 2.92. The van der Waals surface area contributed by atoms with E-state index in [9.17, 15) is 19.8 Å². The maximum atomic E-state index is 10.4. The molecule has 128 valence electrons. The van der Waals surface area contributed by atoms with Crippen LogP contribution in [0.5, 0.6) is 0 Å². The summed E-state index contributed by atoms with van der Waals surface area (Å²) >= 11 is 0. The summed E-state index contributed by atoms with van der Waals surface area (Å²) in [4.78, 5) is 20.8. The first-order chi connectivity index (χ1) is 10.4. The van der Waals surface area contributed by atoms with Crippen molar-refractivity contribution in [2.75, 3.05) is 0 Å². The molecule has 0 amide bonds. The third kappa shape index (κ3) is 17.9. The van der Waals surface area contributed by atoms with Crippen molar-refractivity contribution < 1.29 is 19.8 Å². The Morgan fingerprint density at radius 2 is 1.00 bits per heavy atom. The minimum atomic E-state index is -1.01. The molecule has 0 rings (SSSR count). The van der Waals surface area contributed by atoms with Crippen LogP contribution in [-0.2, 0) is 9.59 Å². The number of unbranched alkanes of at least 4 members (excludes halogenated alkanes) is 2. The Balaban J connectivity index is -0.000000333. The fourth-order valence-electron chi connectivity index (χ4n) is 1.75. The molecule has 0 aliphatic carbocycles. The molecule has 0 bridgehead atoms. The van der Waals surface area contributed by atoms with Crippen LogP contribution in [0.3, 0.4) is 0 Å². The standard InChI is InChI=1S/2C9H16O2.Ca/c2*1-3-5-7-8(6-4-2)9(10)11;/h2*7H,3-6H2,1-2H3,(H,10,11);/q;;+2/p-2/b2*8-7+;. The monoisotopic (exact) mass is 350 g/mol. The van der Waals surface area contributed by atoms with Crippen LogP contribution in [-0.4, -0.2) is 49.7 Å². The number of aliphatic carboxylic acids is 2. The molecule has 0 radical (unpaired) electrons. The normalized spacial score (nSPS) is 11.1. The Labute approximate surface area is 171 Å². The third-order valence-electron chi connectivity index (χ3n) is 2.92. The predicted octanol–water partition coefficient (Wildman–Crippen LogP) is 2.14. The van der Waals surface area contributed by atoms with Gasteiger partial charge in [0, 0.05) is 0 Å². The second-order valence-corrected chi connectivity index (χ2v) is 5.11. The second kappa shape index (κ2) is 19.7. The van der Waals surface area contributed by atoms with Gasteiger partial charge in [-0.15, -0.1) is 0 Å². The van der Waals surface area contributed by atoms with Gasteiger partial charge in [0.05, 0.1) is 11.9 Å². The second-order valence-electron chi connectivity index (χ2n) is 5.11. The van der Waals surface area contributed by atoms with E-state index in [-0.39, 0.29) is 37.7 Å². The zero-order chi connectivity index (χ0) is 17.4. The van der Waals surface area contributed by atoms with E-state index in [1.54, 1.807) is 12.2 Å². The first-order valence-electron chi connectivity index (χ1n) is 8.25. The van der Waals surface area contributed by atoms with Crippen LogP contribution in [0.1, 0.15) is 79.1 Å². The van der Waals surface area contributed by atoms with E-state index < -0.39 is 11.9 Å². The van der Waals surface area contributed by atoms with Gasteiger partial charge < -0.3 is 19.8 Å². The van der Waals surface area contributed by atoms with E-state index in [0.717, 1.165) is 38.5 Å². The molecule has 0 aromatic rings. The van der Waals surface area contributed by atoms with E-state index in [4.69, 9.17) is 0 Å². The van der Waals surface area contributed by atoms with Crippen LogP contribution in [0.2, 0.25) is 0 Å². The molecule has 0 atom stereocenters. The molecule has 0 aromatic heterocycles. The topological polar surface area (TPSA) is 80.3 Å². The van der Waals surface area contributed by atoms with Crippen LogP contribution in [0.15, 0.2) is 23.3 Å². The van der Waals surface area contributed by atoms with Crippen molar-refractivity contribution in [1.82, 2.24) is 0 Å². The molecular weight excluding hydrogens is 320 g/mol. The van der Waals surface area contributed by atoms with E-state index >= 15 is 0 Å². The molecule has 0 spiro atoms. The van der Waals surface area contributed by atoms with Gasteiger partial charge in [-0.3, -0.25) is 0 Å². The molecule has 5 heteroatoms. The summed E-state index contributed by atoms with van der Waals surface area (Å²) < 4.78 is 0. The van der Waals surface area contributed by atoms with Gasteiger partial charge in [0.2, 0.25) is 0 Å². The molecule has 0 aromatic carbocycles. The van der Waals surface area contributed by atoms with E-state index in [1.807, 2.05) is 27.7 Å². The van der Waals surface area contributed by atoms with Crippen LogP contribution in [0.25, 0.3) is 0 Å². The average Bonchev–Trinajstić information content (AvgIpc) is 2.48. The first-order valence-corrected chi connectivity index (χ1v) is 8.25. The molecule has 4 nitrogen and oxygen atoms in total. The van der Waals surface area contributed by atoms with Crippen molar-refractivity contribution in [2.45, 2.75) is 79.1 Å². The number of carbonyl (C=O) groups excluding carboxylic acids is 2. The van der Waals surface area contributed by atoms with Gasteiger partial charge >= 0.3 is 37.7 Å². The summed E-state index contributed by atoms with van der Waals surface area (Å²) in [5.74, 6) is -2.03. The van der Waals surface area contributed by atoms with Crippen molar-refractivity contribution in [3.8, 4) is 0 Å². The Hall–Kier alpha value is -0.320. The molecule has 0 aliphatic heterocycles. The van der Waals surface area contributed by atoms with Gasteiger partial charge in [0.15, 0.2) is 0 Å². The molecule has 0 fully saturated rings. The van der Waals surface area contributed by atoms with Crippen molar-refractivity contribution in [3.63, 3.8) is 0 Å². The maximum Gasteiger partial charge on any atom is 2.00 e. The van der Waals surface area contributed by atoms with Crippen LogP contribution >= 0.6 is 0 Å². The zero-order valence-corrected chi connectivity index (χ0v) is 17.4. The number of rotatable bonds is 10. The molecule has 0 aliphatic rings. The summed E-state index contributed by atoms with van der Waals surface area (Å²) in [5.41, 5.74) is 0.906. The van der Waals surface area contributed by atoms with Gasteiger partial charge in [-0.25, -0.2) is 0 Å². The largest absolute Gasteiger partial charge is 2.00 e. The number of carboxylic acid groups (broad SMARTS) is 2. The Kier molecular flexibility index (Phi) is 23.6. The van der Waals surface area contributed by atoms with Crippen molar-refractivity contribution in [2.24, 2.45) is 0 Å². The number of carbonyl (C=O) groups is 2. The summed E-state index contributed by atoms with van der Waals surface area (Å²) in [5, 5.41) is 20.8. The van der Waals surface area contributed by atoms with Gasteiger partial charge in [-0.2, -0.15) is 0 Å². The molecule has 0 saturated heterocycles. The van der Waals surface area contributed by atoms with Gasteiger partial charge in [0.1, 0.15) is 0 Å². The van der Waals surface area contributed by atoms with E-state index in [0.29, 0.717) is 24.0 Å². The van der Waals surface area contributed by atoms with E-state index in [2.05, 4.69) is 0 Å².